The number of amides is 1. The van der Waals surface area contributed by atoms with E-state index in [1.807, 2.05) is 0 Å². The van der Waals surface area contributed by atoms with Crippen LogP contribution in [0, 0.1) is 0 Å². The van der Waals surface area contributed by atoms with Gasteiger partial charge in [0.1, 0.15) is 6.04 Å². The van der Waals surface area contributed by atoms with Crippen molar-refractivity contribution in [2.24, 2.45) is 0 Å². The number of halogens is 3. The first-order valence-corrected chi connectivity index (χ1v) is 9.87. The Morgan fingerprint density at radius 3 is 1.88 bits per heavy atom. The fraction of sp³-hybridized carbons (Fsp3) is 0.667. The predicted molar refractivity (Wildman–Crippen MR) is 100 cm³/mol. The molecule has 148 valence electrons. The summed E-state index contributed by atoms with van der Waals surface area (Å²) in [5.74, 6) is -0.667. The zero-order chi connectivity index (χ0) is 19.3. The van der Waals surface area contributed by atoms with E-state index in [1.54, 1.807) is 18.2 Å². The van der Waals surface area contributed by atoms with Crippen molar-refractivity contribution in [3.05, 3.63) is 35.9 Å². The van der Waals surface area contributed by atoms with Crippen molar-refractivity contribution in [3.63, 3.8) is 0 Å². The molecule has 0 aliphatic heterocycles. The molecule has 0 unspecified atom stereocenters. The zero-order valence-electron chi connectivity index (χ0n) is 15.8. The third-order valence-corrected chi connectivity index (χ3v) is 4.58. The molecule has 1 N–H and O–H groups in total. The number of hydrogen-bond donors (Lipinski definition) is 1. The Bertz CT molecular complexity index is 488. The molecule has 1 aromatic carbocycles. The van der Waals surface area contributed by atoms with Gasteiger partial charge in [-0.2, -0.15) is 13.2 Å². The van der Waals surface area contributed by atoms with Gasteiger partial charge in [-0.15, -0.1) is 0 Å². The number of nitrogens with one attached hydrogen (secondary N) is 1. The van der Waals surface area contributed by atoms with E-state index in [9.17, 15) is 18.0 Å². The molecular formula is C21H32F3NO. The summed E-state index contributed by atoms with van der Waals surface area (Å²) in [5, 5.41) is 2.14. The van der Waals surface area contributed by atoms with Gasteiger partial charge in [0.25, 0.3) is 5.91 Å². The molecule has 1 atom stereocenters. The first kappa shape index (κ1) is 22.5. The number of benzene rings is 1. The van der Waals surface area contributed by atoms with Gasteiger partial charge < -0.3 is 5.32 Å². The second-order valence-corrected chi connectivity index (χ2v) is 6.90. The van der Waals surface area contributed by atoms with Crippen molar-refractivity contribution < 1.29 is 18.0 Å². The number of rotatable bonds is 13. The molecule has 2 nitrogen and oxygen atoms in total. The van der Waals surface area contributed by atoms with Crippen LogP contribution in [0.4, 0.5) is 13.2 Å². The van der Waals surface area contributed by atoms with Crippen molar-refractivity contribution in [1.29, 1.82) is 0 Å². The minimum Gasteiger partial charge on any atom is -0.340 e. The second-order valence-electron chi connectivity index (χ2n) is 6.90. The fourth-order valence-electron chi connectivity index (χ4n) is 2.98. The Hall–Kier alpha value is -1.52. The summed E-state index contributed by atoms with van der Waals surface area (Å²) in [6.07, 6.45) is 6.29. The summed E-state index contributed by atoms with van der Waals surface area (Å²) in [4.78, 5) is 12.0. The Morgan fingerprint density at radius 2 is 1.38 bits per heavy atom. The second kappa shape index (κ2) is 12.8. The average molecular weight is 371 g/mol. The first-order valence-electron chi connectivity index (χ1n) is 9.87. The van der Waals surface area contributed by atoms with Crippen LogP contribution in [0.3, 0.4) is 0 Å². The maximum atomic E-state index is 13.2. The lowest BCUT2D eigenvalue weighted by molar-refractivity contribution is -0.155. The molecule has 0 bridgehead atoms. The maximum absolute atomic E-state index is 13.2. The molecule has 0 radical (unpaired) electrons. The van der Waals surface area contributed by atoms with Crippen LogP contribution in [0.2, 0.25) is 0 Å². The molecule has 1 rings (SSSR count). The molecule has 0 heterocycles. The van der Waals surface area contributed by atoms with Crippen molar-refractivity contribution in [1.82, 2.24) is 5.32 Å². The van der Waals surface area contributed by atoms with E-state index in [1.165, 1.54) is 44.2 Å². The van der Waals surface area contributed by atoms with Gasteiger partial charge in [-0.25, -0.2) is 0 Å². The number of carbonyl (C=O) groups is 1. The highest BCUT2D eigenvalue weighted by atomic mass is 19.4. The van der Waals surface area contributed by atoms with E-state index in [0.717, 1.165) is 25.7 Å². The summed E-state index contributed by atoms with van der Waals surface area (Å²) < 4.78 is 39.5. The van der Waals surface area contributed by atoms with Gasteiger partial charge in [-0.05, 0) is 18.6 Å². The van der Waals surface area contributed by atoms with Crippen molar-refractivity contribution in [3.8, 4) is 0 Å². The van der Waals surface area contributed by atoms with Crippen LogP contribution in [0.25, 0.3) is 0 Å². The molecule has 0 aliphatic rings. The van der Waals surface area contributed by atoms with E-state index >= 15 is 0 Å². The molecule has 5 heteroatoms. The van der Waals surface area contributed by atoms with Crippen LogP contribution >= 0.6 is 0 Å². The zero-order valence-corrected chi connectivity index (χ0v) is 15.8. The molecular weight excluding hydrogens is 339 g/mol. The molecule has 0 spiro atoms. The minimum absolute atomic E-state index is 0.0570. The largest absolute Gasteiger partial charge is 0.408 e. The minimum atomic E-state index is -4.41. The van der Waals surface area contributed by atoms with Gasteiger partial charge in [0.15, 0.2) is 0 Å². The summed E-state index contributed by atoms with van der Waals surface area (Å²) in [7, 11) is 0. The third kappa shape index (κ3) is 9.83. The number of alkyl halides is 3. The normalized spacial score (nSPS) is 12.8. The molecule has 0 aliphatic carbocycles. The lowest BCUT2D eigenvalue weighted by Gasteiger charge is -2.21. The van der Waals surface area contributed by atoms with Crippen molar-refractivity contribution in [2.45, 2.75) is 89.8 Å². The highest BCUT2D eigenvalue weighted by molar-refractivity contribution is 5.94. The monoisotopic (exact) mass is 371 g/mol. The van der Waals surface area contributed by atoms with Gasteiger partial charge in [0, 0.05) is 5.56 Å². The Balaban J connectivity index is 2.24. The fourth-order valence-corrected chi connectivity index (χ4v) is 2.98. The molecule has 0 saturated heterocycles. The summed E-state index contributed by atoms with van der Waals surface area (Å²) in [6.45, 7) is 2.19. The van der Waals surface area contributed by atoms with Crippen LogP contribution < -0.4 is 5.32 Å². The molecule has 26 heavy (non-hydrogen) atoms. The first-order chi connectivity index (χ1) is 12.4. The number of carbonyl (C=O) groups excluding carboxylic acids is 1. The van der Waals surface area contributed by atoms with E-state index < -0.39 is 18.1 Å². The van der Waals surface area contributed by atoms with E-state index in [-0.39, 0.29) is 12.0 Å². The Labute approximate surface area is 155 Å². The van der Waals surface area contributed by atoms with Crippen LogP contribution in [-0.2, 0) is 0 Å². The molecule has 1 aromatic rings. The van der Waals surface area contributed by atoms with E-state index in [0.29, 0.717) is 6.42 Å². The number of hydrogen-bond acceptors (Lipinski definition) is 1. The molecule has 0 fully saturated rings. The smallest absolute Gasteiger partial charge is 0.340 e. The average Bonchev–Trinajstić information content (AvgIpc) is 2.62. The van der Waals surface area contributed by atoms with Gasteiger partial charge in [-0.3, -0.25) is 4.79 Å². The standard InChI is InChI=1S/C21H32F3NO/c1-2-3-4-5-6-7-8-9-10-14-17-19(21(22,23)24)25-20(26)18-15-12-11-13-16-18/h11-13,15-16,19H,2-10,14,17H2,1H3,(H,25,26)/t19-/m1/s1. The summed E-state index contributed by atoms with van der Waals surface area (Å²) in [6, 6.07) is 6.26. The van der Waals surface area contributed by atoms with Gasteiger partial charge in [0.05, 0.1) is 0 Å². The molecule has 0 saturated carbocycles. The number of unbranched alkanes of at least 4 members (excludes halogenated alkanes) is 9. The molecule has 1 amide bonds. The van der Waals surface area contributed by atoms with Crippen molar-refractivity contribution >= 4 is 5.91 Å². The highest BCUT2D eigenvalue weighted by Gasteiger charge is 2.40. The summed E-state index contributed by atoms with van der Waals surface area (Å²) in [5.41, 5.74) is 0.254. The van der Waals surface area contributed by atoms with E-state index in [2.05, 4.69) is 12.2 Å². The third-order valence-electron chi connectivity index (χ3n) is 4.58. The van der Waals surface area contributed by atoms with Gasteiger partial charge in [-0.1, -0.05) is 89.3 Å². The Kier molecular flexibility index (Phi) is 11.1. The van der Waals surface area contributed by atoms with Crippen LogP contribution in [0.15, 0.2) is 30.3 Å². The van der Waals surface area contributed by atoms with Crippen LogP contribution in [0.5, 0.6) is 0 Å². The lowest BCUT2D eigenvalue weighted by atomic mass is 10.0. The van der Waals surface area contributed by atoms with Crippen LogP contribution in [0.1, 0.15) is 87.9 Å². The highest BCUT2D eigenvalue weighted by Crippen LogP contribution is 2.25. The quantitative estimate of drug-likeness (QED) is 0.386. The van der Waals surface area contributed by atoms with Crippen LogP contribution in [-0.4, -0.2) is 18.1 Å². The lowest BCUT2D eigenvalue weighted by Crippen LogP contribution is -2.45. The van der Waals surface area contributed by atoms with Crippen molar-refractivity contribution in [2.75, 3.05) is 0 Å². The van der Waals surface area contributed by atoms with Gasteiger partial charge in [0.2, 0.25) is 0 Å². The topological polar surface area (TPSA) is 29.1 Å². The van der Waals surface area contributed by atoms with E-state index in [4.69, 9.17) is 0 Å². The SMILES string of the molecule is CCCCCCCCCCCC[C@@H](NC(=O)c1ccccc1)C(F)(F)F. The Morgan fingerprint density at radius 1 is 0.885 bits per heavy atom. The summed E-state index contributed by atoms with van der Waals surface area (Å²) >= 11 is 0. The maximum Gasteiger partial charge on any atom is 0.408 e. The van der Waals surface area contributed by atoms with Gasteiger partial charge >= 0.3 is 6.18 Å². The predicted octanol–water partition coefficient (Wildman–Crippen LogP) is 6.66. The molecule has 0 aromatic heterocycles.